The molecule has 3 rings (SSSR count). The molecule has 0 saturated carbocycles. The van der Waals surface area contributed by atoms with Gasteiger partial charge in [-0.25, -0.2) is 0 Å². The average molecular weight is 293 g/mol. The van der Waals surface area contributed by atoms with Crippen molar-refractivity contribution >= 4 is 23.2 Å². The van der Waals surface area contributed by atoms with Crippen molar-refractivity contribution in [2.45, 2.75) is 13.3 Å². The highest BCUT2D eigenvalue weighted by atomic mass is 32.2. The van der Waals surface area contributed by atoms with Gasteiger partial charge in [0.15, 0.2) is 0 Å². The van der Waals surface area contributed by atoms with Gasteiger partial charge in [-0.05, 0) is 29.7 Å². The standard InChI is InChI=1S/C19H19NS/c1-14(2)12-21-13-18-10-17-9-8-16(11-19(17)20-18)15-6-4-3-5-7-15/h3-9,11H,1,10,12-13H2,2H3. The predicted molar refractivity (Wildman–Crippen MR) is 94.8 cm³/mol. The van der Waals surface area contributed by atoms with E-state index in [4.69, 9.17) is 4.99 Å². The molecule has 1 aliphatic heterocycles. The Morgan fingerprint density at radius 3 is 2.71 bits per heavy atom. The molecule has 21 heavy (non-hydrogen) atoms. The van der Waals surface area contributed by atoms with Crippen LogP contribution in [0.25, 0.3) is 11.1 Å². The second kappa shape index (κ2) is 6.31. The second-order valence-electron chi connectivity index (χ2n) is 5.51. The van der Waals surface area contributed by atoms with E-state index in [1.54, 1.807) is 0 Å². The van der Waals surface area contributed by atoms with Crippen molar-refractivity contribution in [2.24, 2.45) is 4.99 Å². The van der Waals surface area contributed by atoms with Crippen LogP contribution in [0.3, 0.4) is 0 Å². The zero-order valence-corrected chi connectivity index (χ0v) is 13.1. The van der Waals surface area contributed by atoms with Crippen molar-refractivity contribution in [2.75, 3.05) is 11.5 Å². The Hall–Kier alpha value is -1.80. The molecule has 2 aromatic carbocycles. The van der Waals surface area contributed by atoms with Crippen LogP contribution in [0.15, 0.2) is 65.7 Å². The van der Waals surface area contributed by atoms with Crippen LogP contribution in [0.1, 0.15) is 12.5 Å². The summed E-state index contributed by atoms with van der Waals surface area (Å²) in [5, 5.41) is 0. The quantitative estimate of drug-likeness (QED) is 0.682. The summed E-state index contributed by atoms with van der Waals surface area (Å²) in [5.41, 5.74) is 7.49. The van der Waals surface area contributed by atoms with Crippen LogP contribution in [0.2, 0.25) is 0 Å². The summed E-state index contributed by atoms with van der Waals surface area (Å²) in [4.78, 5) is 4.80. The van der Waals surface area contributed by atoms with E-state index in [2.05, 4.69) is 56.0 Å². The highest BCUT2D eigenvalue weighted by Crippen LogP contribution is 2.32. The van der Waals surface area contributed by atoms with Crippen molar-refractivity contribution in [3.8, 4) is 11.1 Å². The van der Waals surface area contributed by atoms with Gasteiger partial charge in [-0.15, -0.1) is 0 Å². The molecular formula is C19H19NS. The first-order valence-electron chi connectivity index (χ1n) is 7.19. The molecule has 0 spiro atoms. The molecule has 2 aromatic rings. The zero-order valence-electron chi connectivity index (χ0n) is 12.3. The largest absolute Gasteiger partial charge is 0.256 e. The normalized spacial score (nSPS) is 12.9. The fraction of sp³-hybridized carbons (Fsp3) is 0.211. The van der Waals surface area contributed by atoms with Gasteiger partial charge in [0.25, 0.3) is 0 Å². The lowest BCUT2D eigenvalue weighted by molar-refractivity contribution is 1.38. The molecule has 0 amide bonds. The molecule has 1 nitrogen and oxygen atoms in total. The Bertz CT molecular complexity index is 686. The van der Waals surface area contributed by atoms with Gasteiger partial charge in [0.2, 0.25) is 0 Å². The number of thioether (sulfide) groups is 1. The molecule has 0 N–H and O–H groups in total. The van der Waals surface area contributed by atoms with E-state index in [0.29, 0.717) is 0 Å². The Labute approximate surface area is 130 Å². The SMILES string of the molecule is C=C(C)CSCC1=Nc2cc(-c3ccccc3)ccc2C1. The lowest BCUT2D eigenvalue weighted by Gasteiger charge is -2.03. The van der Waals surface area contributed by atoms with Gasteiger partial charge in [-0.1, -0.05) is 54.6 Å². The van der Waals surface area contributed by atoms with Gasteiger partial charge in [0.05, 0.1) is 5.69 Å². The van der Waals surface area contributed by atoms with Gasteiger partial charge in [0.1, 0.15) is 0 Å². The Balaban J connectivity index is 1.75. The van der Waals surface area contributed by atoms with Crippen LogP contribution in [0.5, 0.6) is 0 Å². The maximum Gasteiger partial charge on any atom is 0.0671 e. The molecular weight excluding hydrogens is 274 g/mol. The smallest absolute Gasteiger partial charge is 0.0671 e. The molecule has 0 aliphatic carbocycles. The van der Waals surface area contributed by atoms with Crippen LogP contribution in [-0.4, -0.2) is 17.2 Å². The summed E-state index contributed by atoms with van der Waals surface area (Å²) in [6.07, 6.45) is 0.994. The number of benzene rings is 2. The first-order valence-corrected chi connectivity index (χ1v) is 8.35. The third-order valence-electron chi connectivity index (χ3n) is 3.48. The molecule has 0 saturated heterocycles. The maximum absolute atomic E-state index is 4.80. The van der Waals surface area contributed by atoms with E-state index in [0.717, 1.165) is 23.6 Å². The molecule has 0 unspecified atom stereocenters. The van der Waals surface area contributed by atoms with E-state index in [9.17, 15) is 0 Å². The molecule has 0 atom stereocenters. The lowest BCUT2D eigenvalue weighted by Crippen LogP contribution is -2.02. The monoisotopic (exact) mass is 293 g/mol. The molecule has 1 heterocycles. The van der Waals surface area contributed by atoms with Crippen LogP contribution in [-0.2, 0) is 6.42 Å². The molecule has 0 fully saturated rings. The van der Waals surface area contributed by atoms with Crippen molar-refractivity contribution in [1.29, 1.82) is 0 Å². The van der Waals surface area contributed by atoms with Gasteiger partial charge in [-0.2, -0.15) is 11.8 Å². The predicted octanol–water partition coefficient (Wildman–Crippen LogP) is 5.29. The summed E-state index contributed by atoms with van der Waals surface area (Å²) in [6, 6.07) is 17.1. The molecule has 0 radical (unpaired) electrons. The Morgan fingerprint density at radius 1 is 1.14 bits per heavy atom. The summed E-state index contributed by atoms with van der Waals surface area (Å²) in [5.74, 6) is 2.02. The van der Waals surface area contributed by atoms with Crippen molar-refractivity contribution < 1.29 is 0 Å². The van der Waals surface area contributed by atoms with Crippen LogP contribution in [0, 0.1) is 0 Å². The van der Waals surface area contributed by atoms with Crippen molar-refractivity contribution in [1.82, 2.24) is 0 Å². The van der Waals surface area contributed by atoms with E-state index in [1.807, 2.05) is 17.8 Å². The van der Waals surface area contributed by atoms with Crippen LogP contribution >= 0.6 is 11.8 Å². The number of fused-ring (bicyclic) bond motifs is 1. The fourth-order valence-electron chi connectivity index (χ4n) is 2.48. The Morgan fingerprint density at radius 2 is 1.95 bits per heavy atom. The number of nitrogens with zero attached hydrogens (tertiary/aromatic N) is 1. The van der Waals surface area contributed by atoms with Gasteiger partial charge in [0, 0.05) is 23.6 Å². The van der Waals surface area contributed by atoms with Crippen molar-refractivity contribution in [3.05, 3.63) is 66.2 Å². The van der Waals surface area contributed by atoms with E-state index >= 15 is 0 Å². The number of aliphatic imine (C=N–C) groups is 1. The molecule has 106 valence electrons. The second-order valence-corrected chi connectivity index (χ2v) is 6.50. The summed E-state index contributed by atoms with van der Waals surface area (Å²) in [6.45, 7) is 6.02. The molecule has 2 heteroatoms. The lowest BCUT2D eigenvalue weighted by atomic mass is 10.0. The van der Waals surface area contributed by atoms with Gasteiger partial charge in [-0.3, -0.25) is 4.99 Å². The molecule has 0 aromatic heterocycles. The summed E-state index contributed by atoms with van der Waals surface area (Å²) >= 11 is 1.90. The minimum absolute atomic E-state index is 0.994. The topological polar surface area (TPSA) is 12.4 Å². The average Bonchev–Trinajstić information content (AvgIpc) is 2.89. The number of rotatable bonds is 5. The number of hydrogen-bond donors (Lipinski definition) is 0. The highest BCUT2D eigenvalue weighted by molar-refractivity contribution is 8.00. The number of hydrogen-bond acceptors (Lipinski definition) is 2. The van der Waals surface area contributed by atoms with E-state index < -0.39 is 0 Å². The minimum atomic E-state index is 0.994. The summed E-state index contributed by atoms with van der Waals surface area (Å²) in [7, 11) is 0. The third-order valence-corrected chi connectivity index (χ3v) is 4.72. The first-order chi connectivity index (χ1) is 10.2. The highest BCUT2D eigenvalue weighted by Gasteiger charge is 2.15. The van der Waals surface area contributed by atoms with Gasteiger partial charge < -0.3 is 0 Å². The minimum Gasteiger partial charge on any atom is -0.256 e. The molecule has 1 aliphatic rings. The maximum atomic E-state index is 4.80. The van der Waals surface area contributed by atoms with E-state index in [-0.39, 0.29) is 0 Å². The zero-order chi connectivity index (χ0) is 14.7. The van der Waals surface area contributed by atoms with E-state index in [1.165, 1.54) is 28.0 Å². The first kappa shape index (κ1) is 14.2. The van der Waals surface area contributed by atoms with Crippen LogP contribution < -0.4 is 0 Å². The van der Waals surface area contributed by atoms with Gasteiger partial charge >= 0.3 is 0 Å². The Kier molecular flexibility index (Phi) is 4.26. The fourth-order valence-corrected chi connectivity index (χ4v) is 3.34. The molecule has 0 bridgehead atoms. The third kappa shape index (κ3) is 3.45. The van der Waals surface area contributed by atoms with Crippen LogP contribution in [0.4, 0.5) is 5.69 Å². The van der Waals surface area contributed by atoms with Crippen molar-refractivity contribution in [3.63, 3.8) is 0 Å². The summed E-state index contributed by atoms with van der Waals surface area (Å²) < 4.78 is 0.